The van der Waals surface area contributed by atoms with Crippen molar-refractivity contribution in [3.8, 4) is 0 Å². The van der Waals surface area contributed by atoms with E-state index in [2.05, 4.69) is 26.1 Å². The van der Waals surface area contributed by atoms with E-state index in [9.17, 15) is 5.11 Å². The van der Waals surface area contributed by atoms with Gasteiger partial charge < -0.3 is 19.9 Å². The van der Waals surface area contributed by atoms with Crippen LogP contribution in [-0.2, 0) is 9.47 Å². The normalized spacial score (nSPS) is 13.2. The lowest BCUT2D eigenvalue weighted by Crippen LogP contribution is -2.31. The molecule has 0 saturated heterocycles. The highest BCUT2D eigenvalue weighted by Crippen LogP contribution is 1.93. The van der Waals surface area contributed by atoms with Crippen molar-refractivity contribution in [3.63, 3.8) is 0 Å². The number of hydrogen-bond acceptors (Lipinski definition) is 4. The zero-order chi connectivity index (χ0) is 12.9. The minimum Gasteiger partial charge on any atom is -0.389 e. The minimum atomic E-state index is -0.412. The summed E-state index contributed by atoms with van der Waals surface area (Å²) in [6.07, 6.45) is 1.64. The first kappa shape index (κ1) is 16.8. The van der Waals surface area contributed by atoms with E-state index in [1.54, 1.807) is 0 Å². The van der Waals surface area contributed by atoms with Gasteiger partial charge >= 0.3 is 0 Å². The van der Waals surface area contributed by atoms with Crippen LogP contribution in [0.15, 0.2) is 0 Å². The topological polar surface area (TPSA) is 50.7 Å². The van der Waals surface area contributed by atoms with E-state index in [0.29, 0.717) is 25.7 Å². The van der Waals surface area contributed by atoms with Gasteiger partial charge in [-0.15, -0.1) is 0 Å². The fourth-order valence-electron chi connectivity index (χ4n) is 1.31. The molecule has 0 aromatic carbocycles. The molecule has 0 rings (SSSR count). The molecule has 2 N–H and O–H groups in total. The molecule has 0 aromatic rings. The molecule has 0 spiro atoms. The highest BCUT2D eigenvalue weighted by Gasteiger charge is 2.04. The second-order valence-electron chi connectivity index (χ2n) is 4.76. The molecule has 0 amide bonds. The predicted molar refractivity (Wildman–Crippen MR) is 70.3 cm³/mol. The Balaban J connectivity index is 3.13. The van der Waals surface area contributed by atoms with Crippen LogP contribution < -0.4 is 5.32 Å². The Kier molecular flexibility index (Phi) is 12.2. The van der Waals surface area contributed by atoms with Gasteiger partial charge in [0.15, 0.2) is 0 Å². The summed E-state index contributed by atoms with van der Waals surface area (Å²) in [6.45, 7) is 10.5. The van der Waals surface area contributed by atoms with Crippen molar-refractivity contribution in [2.45, 2.75) is 39.7 Å². The lowest BCUT2D eigenvalue weighted by molar-refractivity contribution is 0.0259. The average molecular weight is 247 g/mol. The lowest BCUT2D eigenvalue weighted by atomic mass is 10.2. The van der Waals surface area contributed by atoms with Crippen LogP contribution in [0.1, 0.15) is 33.6 Å². The molecule has 4 heteroatoms. The molecule has 104 valence electrons. The third-order valence-electron chi connectivity index (χ3n) is 2.13. The molecular weight excluding hydrogens is 218 g/mol. The van der Waals surface area contributed by atoms with Crippen molar-refractivity contribution >= 4 is 0 Å². The van der Waals surface area contributed by atoms with Gasteiger partial charge in [0.1, 0.15) is 0 Å². The summed E-state index contributed by atoms with van der Waals surface area (Å²) < 4.78 is 10.7. The average Bonchev–Trinajstić information content (AvgIpc) is 2.27. The van der Waals surface area contributed by atoms with Gasteiger partial charge in [-0.3, -0.25) is 0 Å². The van der Waals surface area contributed by atoms with Crippen LogP contribution >= 0.6 is 0 Å². The predicted octanol–water partition coefficient (Wildman–Crippen LogP) is 1.43. The van der Waals surface area contributed by atoms with E-state index in [1.165, 1.54) is 0 Å². The number of aliphatic hydroxyl groups is 1. The molecule has 17 heavy (non-hydrogen) atoms. The monoisotopic (exact) mass is 247 g/mol. The maximum atomic E-state index is 9.58. The Hall–Kier alpha value is -0.160. The second kappa shape index (κ2) is 12.3. The molecular formula is C13H29NO3. The van der Waals surface area contributed by atoms with E-state index < -0.39 is 6.10 Å². The zero-order valence-electron chi connectivity index (χ0n) is 11.6. The first-order valence-electron chi connectivity index (χ1n) is 6.71. The quantitative estimate of drug-likeness (QED) is 0.512. The summed E-state index contributed by atoms with van der Waals surface area (Å²) in [5.74, 6) is 0.519. The maximum Gasteiger partial charge on any atom is 0.0897 e. The van der Waals surface area contributed by atoms with Gasteiger partial charge in [-0.25, -0.2) is 0 Å². The van der Waals surface area contributed by atoms with Crippen molar-refractivity contribution in [1.29, 1.82) is 0 Å². The van der Waals surface area contributed by atoms with Gasteiger partial charge in [0, 0.05) is 26.4 Å². The Labute approximate surface area is 106 Å². The smallest absolute Gasteiger partial charge is 0.0897 e. The molecule has 1 atom stereocenters. The van der Waals surface area contributed by atoms with Gasteiger partial charge in [0.05, 0.1) is 12.7 Å². The van der Waals surface area contributed by atoms with E-state index in [4.69, 9.17) is 9.47 Å². The fourth-order valence-corrected chi connectivity index (χ4v) is 1.31. The first-order chi connectivity index (χ1) is 8.16. The van der Waals surface area contributed by atoms with Gasteiger partial charge in [-0.05, 0) is 25.3 Å². The molecule has 1 unspecified atom stereocenters. The van der Waals surface area contributed by atoms with Crippen molar-refractivity contribution in [1.82, 2.24) is 5.32 Å². The lowest BCUT2D eigenvalue weighted by Gasteiger charge is -2.13. The number of ether oxygens (including phenoxy) is 2. The highest BCUT2D eigenvalue weighted by molar-refractivity contribution is 4.58. The van der Waals surface area contributed by atoms with Crippen molar-refractivity contribution in [3.05, 3.63) is 0 Å². The number of nitrogens with one attached hydrogen (secondary N) is 1. The summed E-state index contributed by atoms with van der Waals surface area (Å²) in [6, 6.07) is 0. The van der Waals surface area contributed by atoms with Crippen molar-refractivity contribution in [2.24, 2.45) is 5.92 Å². The molecule has 0 aliphatic rings. The van der Waals surface area contributed by atoms with Crippen LogP contribution in [-0.4, -0.2) is 50.7 Å². The molecule has 0 fully saturated rings. The Morgan fingerprint density at radius 1 is 1.12 bits per heavy atom. The van der Waals surface area contributed by atoms with Gasteiger partial charge in [-0.2, -0.15) is 0 Å². The van der Waals surface area contributed by atoms with E-state index in [-0.39, 0.29) is 0 Å². The summed E-state index contributed by atoms with van der Waals surface area (Å²) in [7, 11) is 0. The fraction of sp³-hybridized carbons (Fsp3) is 1.00. The molecule has 0 radical (unpaired) electrons. The molecule has 0 aliphatic carbocycles. The van der Waals surface area contributed by atoms with Crippen LogP contribution in [0.5, 0.6) is 0 Å². The van der Waals surface area contributed by atoms with E-state index in [1.807, 2.05) is 0 Å². The van der Waals surface area contributed by atoms with Crippen LogP contribution in [0.2, 0.25) is 0 Å². The first-order valence-corrected chi connectivity index (χ1v) is 6.71. The molecule has 0 heterocycles. The van der Waals surface area contributed by atoms with Crippen LogP contribution in [0, 0.1) is 5.92 Å². The highest BCUT2D eigenvalue weighted by atomic mass is 16.5. The van der Waals surface area contributed by atoms with E-state index >= 15 is 0 Å². The van der Waals surface area contributed by atoms with Crippen LogP contribution in [0.25, 0.3) is 0 Å². The minimum absolute atomic E-state index is 0.412. The van der Waals surface area contributed by atoms with Gasteiger partial charge in [-0.1, -0.05) is 20.8 Å². The van der Waals surface area contributed by atoms with Gasteiger partial charge in [0.25, 0.3) is 0 Å². The maximum absolute atomic E-state index is 9.58. The van der Waals surface area contributed by atoms with Crippen molar-refractivity contribution in [2.75, 3.05) is 39.5 Å². The number of hydrogen-bond donors (Lipinski definition) is 2. The van der Waals surface area contributed by atoms with E-state index in [0.717, 1.165) is 32.6 Å². The second-order valence-corrected chi connectivity index (χ2v) is 4.76. The standard InChI is InChI=1S/C13H29NO3/c1-4-7-16-8-5-6-14-9-13(15)11-17-10-12(2)3/h12-15H,4-11H2,1-3H3. The zero-order valence-corrected chi connectivity index (χ0v) is 11.6. The van der Waals surface area contributed by atoms with Crippen LogP contribution in [0.4, 0.5) is 0 Å². The van der Waals surface area contributed by atoms with Crippen molar-refractivity contribution < 1.29 is 14.6 Å². The molecule has 0 saturated carbocycles. The number of aliphatic hydroxyl groups excluding tert-OH is 1. The molecule has 0 bridgehead atoms. The summed E-state index contributed by atoms with van der Waals surface area (Å²) in [5.41, 5.74) is 0. The molecule has 4 nitrogen and oxygen atoms in total. The largest absolute Gasteiger partial charge is 0.389 e. The molecule has 0 aromatic heterocycles. The molecule has 0 aliphatic heterocycles. The third kappa shape index (κ3) is 13.8. The summed E-state index contributed by atoms with van der Waals surface area (Å²) >= 11 is 0. The summed E-state index contributed by atoms with van der Waals surface area (Å²) in [4.78, 5) is 0. The number of rotatable bonds is 12. The Morgan fingerprint density at radius 3 is 2.53 bits per heavy atom. The summed E-state index contributed by atoms with van der Waals surface area (Å²) in [5, 5.41) is 12.8. The SMILES string of the molecule is CCCOCCCNCC(O)COCC(C)C. The Bertz CT molecular complexity index is 154. The third-order valence-corrected chi connectivity index (χ3v) is 2.13. The van der Waals surface area contributed by atoms with Crippen LogP contribution in [0.3, 0.4) is 0 Å². The Morgan fingerprint density at radius 2 is 1.88 bits per heavy atom. The van der Waals surface area contributed by atoms with Gasteiger partial charge in [0.2, 0.25) is 0 Å².